The van der Waals surface area contributed by atoms with E-state index in [4.69, 9.17) is 14.2 Å². The number of likely N-dealkylation sites (tertiary alicyclic amines) is 1. The van der Waals surface area contributed by atoms with Crippen molar-refractivity contribution in [3.05, 3.63) is 30.9 Å². The maximum absolute atomic E-state index is 5.84. The zero-order chi connectivity index (χ0) is 16.2. The van der Waals surface area contributed by atoms with Crippen molar-refractivity contribution in [2.75, 3.05) is 26.5 Å². The molecule has 2 aliphatic heterocycles. The molecule has 0 radical (unpaired) electrons. The normalized spacial score (nSPS) is 19.8. The first-order chi connectivity index (χ1) is 11.9. The Labute approximate surface area is 141 Å². The fourth-order valence-electron chi connectivity index (χ4n) is 3.36. The zero-order valence-corrected chi connectivity index (χ0v) is 13.6. The van der Waals surface area contributed by atoms with Crippen LogP contribution in [0.4, 0.5) is 0 Å². The molecule has 7 heteroatoms. The number of rotatable bonds is 7. The second-order valence-electron chi connectivity index (χ2n) is 6.17. The monoisotopic (exact) mass is 330 g/mol. The highest BCUT2D eigenvalue weighted by molar-refractivity contribution is 5.46. The zero-order valence-electron chi connectivity index (χ0n) is 13.6. The van der Waals surface area contributed by atoms with Gasteiger partial charge in [0.25, 0.3) is 0 Å². The molecule has 2 aromatic rings. The highest BCUT2D eigenvalue weighted by Gasteiger charge is 2.24. The van der Waals surface area contributed by atoms with Crippen molar-refractivity contribution in [1.29, 1.82) is 0 Å². The Bertz CT molecular complexity index is 662. The summed E-state index contributed by atoms with van der Waals surface area (Å²) in [7, 11) is 0. The van der Waals surface area contributed by atoms with E-state index in [0.29, 0.717) is 19.4 Å². The molecule has 2 aliphatic rings. The summed E-state index contributed by atoms with van der Waals surface area (Å²) in [5, 5.41) is 4.21. The Hall–Kier alpha value is -2.28. The molecule has 0 saturated carbocycles. The van der Waals surface area contributed by atoms with Crippen molar-refractivity contribution in [3.8, 4) is 17.2 Å². The summed E-state index contributed by atoms with van der Waals surface area (Å²) in [5.41, 5.74) is 0. The molecular formula is C17H22N4O3. The number of aromatic nitrogens is 3. The Kier molecular flexibility index (Phi) is 4.51. The number of benzene rings is 1. The molecule has 1 saturated heterocycles. The first-order valence-electron chi connectivity index (χ1n) is 8.47. The fourth-order valence-corrected chi connectivity index (χ4v) is 3.36. The molecule has 3 heterocycles. The molecule has 128 valence electrons. The Balaban J connectivity index is 1.22. The van der Waals surface area contributed by atoms with Gasteiger partial charge in [0.05, 0.1) is 13.2 Å². The van der Waals surface area contributed by atoms with E-state index in [-0.39, 0.29) is 0 Å². The van der Waals surface area contributed by atoms with Crippen LogP contribution < -0.4 is 14.2 Å². The Morgan fingerprint density at radius 2 is 2.21 bits per heavy atom. The van der Waals surface area contributed by atoms with E-state index in [1.807, 2.05) is 22.9 Å². The van der Waals surface area contributed by atoms with Crippen molar-refractivity contribution in [2.24, 2.45) is 0 Å². The van der Waals surface area contributed by atoms with E-state index in [2.05, 4.69) is 15.0 Å². The molecule has 0 unspecified atom stereocenters. The van der Waals surface area contributed by atoms with Gasteiger partial charge >= 0.3 is 0 Å². The minimum Gasteiger partial charge on any atom is -0.493 e. The third-order valence-corrected chi connectivity index (χ3v) is 4.57. The molecule has 0 spiro atoms. The summed E-state index contributed by atoms with van der Waals surface area (Å²) < 4.78 is 18.4. The quantitative estimate of drug-likeness (QED) is 0.723. The third kappa shape index (κ3) is 3.46. The highest BCUT2D eigenvalue weighted by atomic mass is 16.7. The van der Waals surface area contributed by atoms with Gasteiger partial charge in [-0.05, 0) is 37.9 Å². The minimum atomic E-state index is 0.293. The van der Waals surface area contributed by atoms with Crippen LogP contribution in [0.25, 0.3) is 0 Å². The molecule has 1 fully saturated rings. The largest absolute Gasteiger partial charge is 0.493 e. The highest BCUT2D eigenvalue weighted by Crippen LogP contribution is 2.35. The first kappa shape index (κ1) is 15.3. The maximum Gasteiger partial charge on any atom is 0.231 e. The van der Waals surface area contributed by atoms with Gasteiger partial charge in [-0.3, -0.25) is 9.58 Å². The van der Waals surface area contributed by atoms with Crippen LogP contribution in [0.5, 0.6) is 17.2 Å². The predicted octanol–water partition coefficient (Wildman–Crippen LogP) is 1.94. The topological polar surface area (TPSA) is 61.6 Å². The van der Waals surface area contributed by atoms with E-state index in [9.17, 15) is 0 Å². The average Bonchev–Trinajstić information content (AvgIpc) is 3.34. The SMILES string of the molecule is c1ncn(C[C@@H]2CCCN2CCCOc2ccc3c(c2)OCO3)n1. The van der Waals surface area contributed by atoms with Crippen LogP contribution in [0.15, 0.2) is 30.9 Å². The van der Waals surface area contributed by atoms with E-state index in [1.165, 1.54) is 12.8 Å². The first-order valence-corrected chi connectivity index (χ1v) is 8.47. The molecule has 0 bridgehead atoms. The standard InChI is InChI=1S/C17H22N4O3/c1-3-14(10-21-12-18-11-19-21)20(6-1)7-2-8-22-15-4-5-16-17(9-15)24-13-23-16/h4-5,9,11-12,14H,1-3,6-8,10,13H2/t14-/m0/s1. The predicted molar refractivity (Wildman–Crippen MR) is 87.3 cm³/mol. The number of fused-ring (bicyclic) bond motifs is 1. The van der Waals surface area contributed by atoms with Gasteiger partial charge < -0.3 is 14.2 Å². The van der Waals surface area contributed by atoms with E-state index >= 15 is 0 Å². The maximum atomic E-state index is 5.84. The van der Waals surface area contributed by atoms with Crippen LogP contribution in [-0.2, 0) is 6.54 Å². The number of nitrogens with zero attached hydrogens (tertiary/aromatic N) is 4. The molecule has 7 nitrogen and oxygen atoms in total. The van der Waals surface area contributed by atoms with Gasteiger partial charge in [-0.2, -0.15) is 5.10 Å². The lowest BCUT2D eigenvalue weighted by atomic mass is 10.2. The van der Waals surface area contributed by atoms with Crippen LogP contribution in [-0.4, -0.2) is 52.2 Å². The Morgan fingerprint density at radius 1 is 1.25 bits per heavy atom. The van der Waals surface area contributed by atoms with Crippen molar-refractivity contribution in [3.63, 3.8) is 0 Å². The molecule has 0 N–H and O–H groups in total. The van der Waals surface area contributed by atoms with E-state index in [0.717, 1.165) is 43.3 Å². The van der Waals surface area contributed by atoms with Crippen molar-refractivity contribution >= 4 is 0 Å². The van der Waals surface area contributed by atoms with E-state index < -0.39 is 0 Å². The van der Waals surface area contributed by atoms with E-state index in [1.54, 1.807) is 12.7 Å². The van der Waals surface area contributed by atoms with Gasteiger partial charge in [-0.15, -0.1) is 0 Å². The van der Waals surface area contributed by atoms with Gasteiger partial charge in [0.15, 0.2) is 11.5 Å². The van der Waals surface area contributed by atoms with Gasteiger partial charge in [0.2, 0.25) is 6.79 Å². The van der Waals surface area contributed by atoms with Crippen molar-refractivity contribution in [2.45, 2.75) is 31.8 Å². The van der Waals surface area contributed by atoms with Crippen molar-refractivity contribution in [1.82, 2.24) is 19.7 Å². The third-order valence-electron chi connectivity index (χ3n) is 4.57. The fraction of sp³-hybridized carbons (Fsp3) is 0.529. The molecule has 4 rings (SSSR count). The second-order valence-corrected chi connectivity index (χ2v) is 6.17. The van der Waals surface area contributed by atoms with Crippen molar-refractivity contribution < 1.29 is 14.2 Å². The second kappa shape index (κ2) is 7.09. The average molecular weight is 330 g/mol. The molecule has 1 aromatic heterocycles. The summed E-state index contributed by atoms with van der Waals surface area (Å²) >= 11 is 0. The van der Waals surface area contributed by atoms with Gasteiger partial charge in [-0.25, -0.2) is 4.98 Å². The van der Waals surface area contributed by atoms with Gasteiger partial charge in [0, 0.05) is 18.7 Å². The summed E-state index contributed by atoms with van der Waals surface area (Å²) in [4.78, 5) is 6.55. The summed E-state index contributed by atoms with van der Waals surface area (Å²) in [6, 6.07) is 6.27. The van der Waals surface area contributed by atoms with Gasteiger partial charge in [0.1, 0.15) is 18.4 Å². The lowest BCUT2D eigenvalue weighted by molar-refractivity contribution is 0.173. The lowest BCUT2D eigenvalue weighted by Gasteiger charge is -2.24. The molecule has 0 amide bonds. The number of ether oxygens (including phenoxy) is 3. The minimum absolute atomic E-state index is 0.293. The van der Waals surface area contributed by atoms with Crippen LogP contribution >= 0.6 is 0 Å². The lowest BCUT2D eigenvalue weighted by Crippen LogP contribution is -2.34. The number of hydrogen-bond acceptors (Lipinski definition) is 6. The number of hydrogen-bond donors (Lipinski definition) is 0. The molecular weight excluding hydrogens is 308 g/mol. The van der Waals surface area contributed by atoms with Crippen LogP contribution in [0.3, 0.4) is 0 Å². The van der Waals surface area contributed by atoms with Crippen LogP contribution in [0, 0.1) is 0 Å². The van der Waals surface area contributed by atoms with Crippen LogP contribution in [0.2, 0.25) is 0 Å². The molecule has 1 aromatic carbocycles. The molecule has 24 heavy (non-hydrogen) atoms. The van der Waals surface area contributed by atoms with Crippen LogP contribution in [0.1, 0.15) is 19.3 Å². The Morgan fingerprint density at radius 3 is 3.12 bits per heavy atom. The van der Waals surface area contributed by atoms with Gasteiger partial charge in [-0.1, -0.05) is 0 Å². The smallest absolute Gasteiger partial charge is 0.231 e. The summed E-state index contributed by atoms with van der Waals surface area (Å²) in [5.74, 6) is 2.38. The molecule has 0 aliphatic carbocycles. The summed E-state index contributed by atoms with van der Waals surface area (Å²) in [6.45, 7) is 4.11. The molecule has 1 atom stereocenters. The summed E-state index contributed by atoms with van der Waals surface area (Å²) in [6.07, 6.45) is 6.87.